The molecule has 0 spiro atoms. The van der Waals surface area contributed by atoms with Gasteiger partial charge in [-0.2, -0.15) is 0 Å². The fourth-order valence-electron chi connectivity index (χ4n) is 5.72. The van der Waals surface area contributed by atoms with Gasteiger partial charge < -0.3 is 4.90 Å². The molecule has 4 aromatic carbocycles. The number of benzene rings is 4. The molecule has 0 amide bonds. The van der Waals surface area contributed by atoms with Gasteiger partial charge in [0, 0.05) is 44.0 Å². The molecule has 0 aliphatic rings. The van der Waals surface area contributed by atoms with E-state index in [-0.39, 0.29) is 5.92 Å². The fraction of sp³-hybridized carbons (Fsp3) is 0.143. The Morgan fingerprint density at radius 3 is 2.30 bits per heavy atom. The van der Waals surface area contributed by atoms with Crippen molar-refractivity contribution in [1.29, 1.82) is 0 Å². The molecule has 0 saturated carbocycles. The second kappa shape index (κ2) is 14.7. The number of thiophene rings is 1. The van der Waals surface area contributed by atoms with Gasteiger partial charge in [0.25, 0.3) is 0 Å². The molecular formula is C42H41NS. The molecule has 0 saturated heterocycles. The van der Waals surface area contributed by atoms with Gasteiger partial charge in [0.15, 0.2) is 0 Å². The quantitative estimate of drug-likeness (QED) is 0.109. The van der Waals surface area contributed by atoms with Crippen LogP contribution >= 0.6 is 11.3 Å². The second-order valence-corrected chi connectivity index (χ2v) is 12.2. The lowest BCUT2D eigenvalue weighted by Gasteiger charge is -2.24. The van der Waals surface area contributed by atoms with Gasteiger partial charge in [0.2, 0.25) is 0 Å². The summed E-state index contributed by atoms with van der Waals surface area (Å²) in [5.41, 5.74) is 9.82. The average Bonchev–Trinajstić information content (AvgIpc) is 3.39. The van der Waals surface area contributed by atoms with Crippen molar-refractivity contribution in [3.63, 3.8) is 0 Å². The first-order valence-electron chi connectivity index (χ1n) is 15.3. The molecule has 44 heavy (non-hydrogen) atoms. The predicted molar refractivity (Wildman–Crippen MR) is 196 cm³/mol. The molecule has 0 N–H and O–H groups in total. The van der Waals surface area contributed by atoms with Crippen molar-refractivity contribution < 1.29 is 0 Å². The first-order valence-corrected chi connectivity index (χ1v) is 16.1. The van der Waals surface area contributed by atoms with Crippen LogP contribution in [-0.4, -0.2) is 0 Å². The third-order valence-electron chi connectivity index (χ3n) is 8.00. The molecular weight excluding hydrogens is 551 g/mol. The van der Waals surface area contributed by atoms with Crippen molar-refractivity contribution in [2.45, 2.75) is 40.0 Å². The van der Waals surface area contributed by atoms with Crippen molar-refractivity contribution in [3.05, 3.63) is 168 Å². The van der Waals surface area contributed by atoms with Gasteiger partial charge in [0.05, 0.1) is 0 Å². The Kier molecular flexibility index (Phi) is 10.3. The molecule has 5 rings (SSSR count). The first kappa shape index (κ1) is 30.8. The molecule has 1 unspecified atom stereocenters. The van der Waals surface area contributed by atoms with Crippen LogP contribution in [0.2, 0.25) is 0 Å². The zero-order chi connectivity index (χ0) is 30.9. The highest BCUT2D eigenvalue weighted by molar-refractivity contribution is 7.20. The Morgan fingerprint density at radius 1 is 0.841 bits per heavy atom. The first-order chi connectivity index (χ1) is 21.5. The van der Waals surface area contributed by atoms with Crippen molar-refractivity contribution in [1.82, 2.24) is 0 Å². The van der Waals surface area contributed by atoms with E-state index >= 15 is 0 Å². The predicted octanol–water partition coefficient (Wildman–Crippen LogP) is 12.7. The van der Waals surface area contributed by atoms with Crippen LogP contribution in [0.5, 0.6) is 0 Å². The Balaban J connectivity index is 1.62. The third-order valence-corrected chi connectivity index (χ3v) is 9.17. The van der Waals surface area contributed by atoms with Crippen LogP contribution in [0, 0.1) is 6.92 Å². The van der Waals surface area contributed by atoms with Gasteiger partial charge in [-0.25, -0.2) is 0 Å². The van der Waals surface area contributed by atoms with E-state index in [1.807, 2.05) is 17.4 Å². The molecule has 0 fully saturated rings. The zero-order valence-electron chi connectivity index (χ0n) is 26.2. The molecule has 220 valence electrons. The number of rotatable bonds is 11. The lowest BCUT2D eigenvalue weighted by Crippen LogP contribution is -2.13. The van der Waals surface area contributed by atoms with Crippen LogP contribution in [0.15, 0.2) is 152 Å². The lowest BCUT2D eigenvalue weighted by atomic mass is 9.92. The molecule has 0 aliphatic heterocycles. The molecule has 1 aromatic heterocycles. The maximum absolute atomic E-state index is 4.12. The van der Waals surface area contributed by atoms with Gasteiger partial charge in [-0.15, -0.1) is 17.9 Å². The maximum atomic E-state index is 4.12. The largest absolute Gasteiger partial charge is 0.321 e. The number of hydrogen-bond acceptors (Lipinski definition) is 2. The summed E-state index contributed by atoms with van der Waals surface area (Å²) in [7, 11) is 0. The SMILES string of the molecule is C=CC(C/C=C/N(/C(C)=C/C=C\C)c1ccc(-c2cccc3c(/C=C\C)c(C)sc23)c(-c2ccccc2)c1)c1ccccc1. The lowest BCUT2D eigenvalue weighted by molar-refractivity contribution is 0.862. The van der Waals surface area contributed by atoms with Gasteiger partial charge in [-0.05, 0) is 80.1 Å². The van der Waals surface area contributed by atoms with E-state index in [4.69, 9.17) is 0 Å². The minimum absolute atomic E-state index is 0.263. The van der Waals surface area contributed by atoms with Gasteiger partial charge in [0.1, 0.15) is 0 Å². The van der Waals surface area contributed by atoms with Crippen molar-refractivity contribution in [3.8, 4) is 22.3 Å². The van der Waals surface area contributed by atoms with Crippen LogP contribution in [0.25, 0.3) is 38.4 Å². The molecule has 0 aliphatic carbocycles. The summed E-state index contributed by atoms with van der Waals surface area (Å²) < 4.78 is 1.33. The Hall–Kier alpha value is -4.66. The second-order valence-electron chi connectivity index (χ2n) is 10.9. The minimum Gasteiger partial charge on any atom is -0.321 e. The summed E-state index contributed by atoms with van der Waals surface area (Å²) in [5.74, 6) is 0.263. The monoisotopic (exact) mass is 591 g/mol. The average molecular weight is 592 g/mol. The number of anilines is 1. The van der Waals surface area contributed by atoms with E-state index < -0.39 is 0 Å². The number of nitrogens with zero attached hydrogens (tertiary/aromatic N) is 1. The van der Waals surface area contributed by atoms with Crippen LogP contribution in [0.1, 0.15) is 49.1 Å². The summed E-state index contributed by atoms with van der Waals surface area (Å²) in [5, 5.41) is 1.32. The molecule has 5 aromatic rings. The molecule has 1 heterocycles. The normalized spacial score (nSPS) is 13.0. The zero-order valence-corrected chi connectivity index (χ0v) is 27.0. The number of allylic oxidation sites excluding steroid dienone is 7. The maximum Gasteiger partial charge on any atom is 0.0458 e. The molecule has 0 radical (unpaired) electrons. The topological polar surface area (TPSA) is 3.24 Å². The number of aryl methyl sites for hydroxylation is 1. The van der Waals surface area contributed by atoms with Crippen molar-refractivity contribution in [2.75, 3.05) is 4.90 Å². The summed E-state index contributed by atoms with van der Waals surface area (Å²) in [4.78, 5) is 3.64. The highest BCUT2D eigenvalue weighted by atomic mass is 32.1. The Morgan fingerprint density at radius 2 is 1.59 bits per heavy atom. The highest BCUT2D eigenvalue weighted by Gasteiger charge is 2.17. The number of hydrogen-bond donors (Lipinski definition) is 0. The Bertz CT molecular complexity index is 1830. The van der Waals surface area contributed by atoms with Crippen LogP contribution < -0.4 is 4.90 Å². The van der Waals surface area contributed by atoms with E-state index in [1.165, 1.54) is 48.3 Å². The summed E-state index contributed by atoms with van der Waals surface area (Å²) in [6.07, 6.45) is 18.1. The van der Waals surface area contributed by atoms with Crippen molar-refractivity contribution in [2.24, 2.45) is 0 Å². The van der Waals surface area contributed by atoms with Crippen LogP contribution in [0.4, 0.5) is 5.69 Å². The van der Waals surface area contributed by atoms with E-state index in [9.17, 15) is 0 Å². The van der Waals surface area contributed by atoms with E-state index in [0.29, 0.717) is 0 Å². The molecule has 0 bridgehead atoms. The van der Waals surface area contributed by atoms with Crippen LogP contribution in [0.3, 0.4) is 0 Å². The van der Waals surface area contributed by atoms with E-state index in [1.54, 1.807) is 0 Å². The van der Waals surface area contributed by atoms with Crippen LogP contribution in [-0.2, 0) is 0 Å². The van der Waals surface area contributed by atoms with E-state index in [2.05, 4.69) is 179 Å². The molecule has 1 atom stereocenters. The van der Waals surface area contributed by atoms with Gasteiger partial charge in [-0.3, -0.25) is 0 Å². The molecule has 2 heteroatoms. The number of fused-ring (bicyclic) bond motifs is 1. The van der Waals surface area contributed by atoms with Gasteiger partial charge >= 0.3 is 0 Å². The standard InChI is InChI=1S/C42H41NS/c1-6-9-19-31(4)43(29-17-24-33(8-3)34-20-12-10-13-21-34)36-27-28-38(41(30-36)35-22-14-11-15-23-35)40-26-16-25-39-37(18-7-2)32(5)44-42(39)40/h6-23,25-30,33H,3,24H2,1-2,4-5H3/b9-6-,18-7-,29-17+,31-19+. The van der Waals surface area contributed by atoms with Crippen molar-refractivity contribution >= 4 is 33.2 Å². The highest BCUT2D eigenvalue weighted by Crippen LogP contribution is 2.43. The summed E-state index contributed by atoms with van der Waals surface area (Å²) >= 11 is 1.88. The summed E-state index contributed by atoms with van der Waals surface area (Å²) in [6.45, 7) is 12.7. The third kappa shape index (κ3) is 6.77. The van der Waals surface area contributed by atoms with Gasteiger partial charge in [-0.1, -0.05) is 121 Å². The Labute approximate surface area is 267 Å². The fourth-order valence-corrected chi connectivity index (χ4v) is 6.89. The minimum atomic E-state index is 0.263. The smallest absolute Gasteiger partial charge is 0.0458 e. The molecule has 1 nitrogen and oxygen atoms in total. The van der Waals surface area contributed by atoms with E-state index in [0.717, 1.165) is 17.8 Å². The summed E-state index contributed by atoms with van der Waals surface area (Å²) in [6, 6.07) is 35.0.